The number of benzene rings is 2. The van der Waals surface area contributed by atoms with E-state index in [2.05, 4.69) is 9.71 Å². The fraction of sp³-hybridized carbons (Fsp3) is 0.318. The first-order valence-corrected chi connectivity index (χ1v) is 11.5. The van der Waals surface area contributed by atoms with Crippen molar-refractivity contribution in [3.63, 3.8) is 0 Å². The van der Waals surface area contributed by atoms with Crippen LogP contribution in [0.15, 0.2) is 64.5 Å². The molecule has 0 saturated heterocycles. The summed E-state index contributed by atoms with van der Waals surface area (Å²) in [4.78, 5) is 28.1. The molecule has 0 spiro atoms. The van der Waals surface area contributed by atoms with Crippen molar-refractivity contribution in [1.82, 2.24) is 4.72 Å². The van der Waals surface area contributed by atoms with E-state index in [1.165, 1.54) is 0 Å². The number of carbonyl (C=O) groups is 2. The molecule has 0 radical (unpaired) electrons. The predicted octanol–water partition coefficient (Wildman–Crippen LogP) is 2.69. The van der Waals surface area contributed by atoms with Crippen molar-refractivity contribution in [2.75, 3.05) is 19.8 Å². The molecule has 31 heavy (non-hydrogen) atoms. The lowest BCUT2D eigenvalue weighted by Gasteiger charge is -2.06. The number of amidine groups is 1. The zero-order valence-electron chi connectivity index (χ0n) is 17.0. The fourth-order valence-electron chi connectivity index (χ4n) is 3.02. The van der Waals surface area contributed by atoms with Crippen molar-refractivity contribution in [3.8, 4) is 0 Å². The fourth-order valence-corrected chi connectivity index (χ4v) is 4.27. The molecule has 1 heterocycles. The predicted molar refractivity (Wildman–Crippen MR) is 114 cm³/mol. The van der Waals surface area contributed by atoms with Gasteiger partial charge in [-0.1, -0.05) is 36.8 Å². The number of ether oxygens (including phenoxy) is 2. The molecule has 0 bridgehead atoms. The number of fused-ring (bicyclic) bond motifs is 1. The molecule has 0 fully saturated rings. The van der Waals surface area contributed by atoms with Gasteiger partial charge >= 0.3 is 11.9 Å². The van der Waals surface area contributed by atoms with Gasteiger partial charge in [0.05, 0.1) is 10.5 Å². The Balaban J connectivity index is 1.27. The van der Waals surface area contributed by atoms with Gasteiger partial charge in [0.15, 0.2) is 0 Å². The number of nitrogens with zero attached hydrogens (tertiary/aromatic N) is 1. The van der Waals surface area contributed by atoms with Gasteiger partial charge in [0.2, 0.25) is 0 Å². The third-order valence-corrected chi connectivity index (χ3v) is 5.96. The van der Waals surface area contributed by atoms with Crippen LogP contribution in [0.2, 0.25) is 0 Å². The summed E-state index contributed by atoms with van der Waals surface area (Å²) in [6.07, 6.45) is 2.37. The summed E-state index contributed by atoms with van der Waals surface area (Å²) in [5.41, 5.74) is 1.03. The van der Waals surface area contributed by atoms with Crippen molar-refractivity contribution in [1.29, 1.82) is 0 Å². The Kier molecular flexibility index (Phi) is 7.77. The van der Waals surface area contributed by atoms with Crippen molar-refractivity contribution in [2.45, 2.75) is 30.6 Å². The lowest BCUT2D eigenvalue weighted by atomic mass is 10.2. The van der Waals surface area contributed by atoms with Crippen LogP contribution in [0.4, 0.5) is 0 Å². The third-order valence-electron chi connectivity index (χ3n) is 4.56. The van der Waals surface area contributed by atoms with Gasteiger partial charge in [-0.25, -0.2) is 13.2 Å². The van der Waals surface area contributed by atoms with Crippen LogP contribution >= 0.6 is 0 Å². The van der Waals surface area contributed by atoms with Gasteiger partial charge in [-0.3, -0.25) is 14.5 Å². The minimum absolute atomic E-state index is 0.00827. The van der Waals surface area contributed by atoms with Gasteiger partial charge in [-0.15, -0.1) is 0 Å². The standard InChI is InChI=1S/C22H24N2O6S/c25-20(29-15-16-30-22(26)17-9-3-1-4-10-17)13-5-2-8-14-23-21-18-11-6-7-12-19(18)31(27,28)24-21/h1,3-4,6-7,9-12H,2,5,8,13-16H2,(H,23,24). The highest BCUT2D eigenvalue weighted by Gasteiger charge is 2.29. The van der Waals surface area contributed by atoms with Crippen LogP contribution in [0, 0.1) is 0 Å². The lowest BCUT2D eigenvalue weighted by Crippen LogP contribution is -2.22. The van der Waals surface area contributed by atoms with Gasteiger partial charge in [-0.2, -0.15) is 0 Å². The molecule has 2 aromatic rings. The van der Waals surface area contributed by atoms with Crippen LogP contribution in [-0.4, -0.2) is 46.0 Å². The van der Waals surface area contributed by atoms with Crippen LogP contribution in [0.25, 0.3) is 0 Å². The molecule has 0 saturated carbocycles. The molecule has 1 aliphatic heterocycles. The Morgan fingerprint density at radius 2 is 1.58 bits per heavy atom. The Hall–Kier alpha value is -3.20. The molecule has 8 nitrogen and oxygen atoms in total. The van der Waals surface area contributed by atoms with E-state index in [0.29, 0.717) is 29.9 Å². The number of carbonyl (C=O) groups excluding carboxylic acids is 2. The summed E-state index contributed by atoms with van der Waals surface area (Å²) in [6, 6.07) is 15.3. The topological polar surface area (TPSA) is 111 Å². The van der Waals surface area contributed by atoms with Crippen molar-refractivity contribution in [3.05, 3.63) is 65.7 Å². The maximum Gasteiger partial charge on any atom is 0.338 e. The van der Waals surface area contributed by atoms with Crippen LogP contribution in [0.5, 0.6) is 0 Å². The minimum Gasteiger partial charge on any atom is -0.462 e. The molecule has 0 amide bonds. The average molecular weight is 445 g/mol. The van der Waals surface area contributed by atoms with Crippen molar-refractivity contribution in [2.24, 2.45) is 4.99 Å². The van der Waals surface area contributed by atoms with Crippen LogP contribution in [0.3, 0.4) is 0 Å². The zero-order valence-corrected chi connectivity index (χ0v) is 17.8. The van der Waals surface area contributed by atoms with Gasteiger partial charge in [0.25, 0.3) is 10.0 Å². The molecule has 1 N–H and O–H groups in total. The summed E-state index contributed by atoms with van der Waals surface area (Å²) in [5.74, 6) is -0.440. The summed E-state index contributed by atoms with van der Waals surface area (Å²) in [5, 5.41) is 0. The van der Waals surface area contributed by atoms with Gasteiger partial charge in [0.1, 0.15) is 19.0 Å². The molecular formula is C22H24N2O6S. The van der Waals surface area contributed by atoms with E-state index in [0.717, 1.165) is 12.8 Å². The smallest absolute Gasteiger partial charge is 0.338 e. The first-order valence-electron chi connectivity index (χ1n) is 10.0. The van der Waals surface area contributed by atoms with Crippen LogP contribution in [-0.2, 0) is 24.3 Å². The molecule has 0 aromatic heterocycles. The quantitative estimate of drug-likeness (QED) is 0.446. The average Bonchev–Trinajstić information content (AvgIpc) is 3.04. The zero-order chi connectivity index (χ0) is 22.1. The number of esters is 2. The largest absolute Gasteiger partial charge is 0.462 e. The first kappa shape index (κ1) is 22.5. The van der Waals surface area contributed by atoms with Gasteiger partial charge < -0.3 is 9.47 Å². The van der Waals surface area contributed by atoms with E-state index in [9.17, 15) is 18.0 Å². The Morgan fingerprint density at radius 3 is 2.39 bits per heavy atom. The second-order valence-electron chi connectivity index (χ2n) is 6.87. The minimum atomic E-state index is -3.52. The summed E-state index contributed by atoms with van der Waals surface area (Å²) >= 11 is 0. The SMILES string of the molecule is O=C(CCCCCN=C1NS(=O)(=O)c2ccccc21)OCCOC(=O)c1ccccc1. The molecule has 0 unspecified atom stereocenters. The van der Waals surface area contributed by atoms with E-state index in [-0.39, 0.29) is 30.5 Å². The number of aliphatic imine (C=N–C) groups is 1. The van der Waals surface area contributed by atoms with E-state index in [4.69, 9.17) is 9.47 Å². The van der Waals surface area contributed by atoms with E-state index >= 15 is 0 Å². The highest BCUT2D eigenvalue weighted by atomic mass is 32.2. The molecule has 2 aromatic carbocycles. The summed E-state index contributed by atoms with van der Waals surface area (Å²) < 4.78 is 36.6. The Morgan fingerprint density at radius 1 is 0.871 bits per heavy atom. The number of nitrogens with one attached hydrogen (secondary N) is 1. The third kappa shape index (κ3) is 6.39. The number of rotatable bonds is 10. The summed E-state index contributed by atoms with van der Waals surface area (Å²) in [6.45, 7) is 0.482. The normalized spacial score (nSPS) is 15.2. The Labute approximate surface area is 181 Å². The highest BCUT2D eigenvalue weighted by Crippen LogP contribution is 2.22. The molecule has 0 aliphatic carbocycles. The molecule has 1 aliphatic rings. The van der Waals surface area contributed by atoms with Crippen molar-refractivity contribution < 1.29 is 27.5 Å². The maximum absolute atomic E-state index is 12.0. The number of hydrogen-bond acceptors (Lipinski definition) is 7. The van der Waals surface area contributed by atoms with E-state index < -0.39 is 16.0 Å². The molecule has 164 valence electrons. The molecule has 0 atom stereocenters. The molecule has 3 rings (SSSR count). The number of unbranched alkanes of at least 4 members (excludes halogenated alkanes) is 2. The molecule has 9 heteroatoms. The number of hydrogen-bond donors (Lipinski definition) is 1. The maximum atomic E-state index is 12.0. The highest BCUT2D eigenvalue weighted by molar-refractivity contribution is 7.90. The lowest BCUT2D eigenvalue weighted by molar-refractivity contribution is -0.144. The van der Waals surface area contributed by atoms with E-state index in [1.807, 2.05) is 0 Å². The van der Waals surface area contributed by atoms with Crippen molar-refractivity contribution >= 4 is 27.8 Å². The second-order valence-corrected chi connectivity index (χ2v) is 8.52. The monoisotopic (exact) mass is 444 g/mol. The second kappa shape index (κ2) is 10.7. The van der Waals surface area contributed by atoms with Gasteiger partial charge in [-0.05, 0) is 37.1 Å². The first-order chi connectivity index (χ1) is 15.0. The van der Waals surface area contributed by atoms with Gasteiger partial charge in [0, 0.05) is 18.5 Å². The summed E-state index contributed by atoms with van der Waals surface area (Å²) in [7, 11) is -3.52. The van der Waals surface area contributed by atoms with E-state index in [1.54, 1.807) is 54.6 Å². The van der Waals surface area contributed by atoms with Crippen LogP contribution < -0.4 is 4.72 Å². The molecular weight excluding hydrogens is 420 g/mol. The van der Waals surface area contributed by atoms with Crippen LogP contribution in [0.1, 0.15) is 41.6 Å². The number of sulfonamides is 1. The Bertz CT molecular complexity index is 1050.